The second-order valence-electron chi connectivity index (χ2n) is 5.74. The van der Waals surface area contributed by atoms with Crippen LogP contribution in [0.1, 0.15) is 17.0 Å². The number of carboxylic acids is 1. The topological polar surface area (TPSA) is 60.7 Å². The summed E-state index contributed by atoms with van der Waals surface area (Å²) in [5.41, 5.74) is 2.40. The van der Waals surface area contributed by atoms with E-state index in [1.165, 1.54) is 0 Å². The molecule has 2 heterocycles. The molecule has 3 aromatic rings. The normalized spacial score (nSPS) is 14.1. The van der Waals surface area contributed by atoms with Gasteiger partial charge >= 0.3 is 5.97 Å². The molecule has 0 radical (unpaired) electrons. The van der Waals surface area contributed by atoms with Crippen LogP contribution in [0.5, 0.6) is 11.5 Å². The molecule has 4 rings (SSSR count). The largest absolute Gasteiger partial charge is 0.481 e. The summed E-state index contributed by atoms with van der Waals surface area (Å²) in [5, 5.41) is 10.8. The lowest BCUT2D eigenvalue weighted by molar-refractivity contribution is -0.137. The molecule has 0 fully saturated rings. The molecular weight excluding hydrogens is 374 g/mol. The van der Waals surface area contributed by atoms with Gasteiger partial charge in [0.25, 0.3) is 0 Å². The number of aliphatic carboxylic acids is 1. The molecule has 1 atom stereocenters. The summed E-state index contributed by atoms with van der Waals surface area (Å²) in [6.45, 7) is 0.164. The second-order valence-corrected chi connectivity index (χ2v) is 6.66. The van der Waals surface area contributed by atoms with Gasteiger partial charge in [-0.1, -0.05) is 22.0 Å². The van der Waals surface area contributed by atoms with Crippen molar-refractivity contribution in [2.75, 3.05) is 6.79 Å². The number of nitrogens with zero attached hydrogens (tertiary/aromatic N) is 1. The first-order chi connectivity index (χ1) is 11.5. The number of fused-ring (bicyclic) bond motifs is 2. The Morgan fingerprint density at radius 2 is 2.00 bits per heavy atom. The number of benzene rings is 2. The quantitative estimate of drug-likeness (QED) is 0.740. The minimum absolute atomic E-state index is 0.164. The number of rotatable bonds is 3. The maximum Gasteiger partial charge on any atom is 0.315 e. The van der Waals surface area contributed by atoms with Crippen molar-refractivity contribution < 1.29 is 19.4 Å². The van der Waals surface area contributed by atoms with E-state index in [-0.39, 0.29) is 6.79 Å². The first-order valence-corrected chi connectivity index (χ1v) is 8.21. The van der Waals surface area contributed by atoms with Crippen molar-refractivity contribution >= 4 is 32.8 Å². The van der Waals surface area contributed by atoms with Gasteiger partial charge in [0.2, 0.25) is 6.79 Å². The Morgan fingerprint density at radius 3 is 2.79 bits per heavy atom. The van der Waals surface area contributed by atoms with E-state index in [9.17, 15) is 9.90 Å². The molecule has 0 bridgehead atoms. The van der Waals surface area contributed by atoms with Gasteiger partial charge in [-0.05, 0) is 41.5 Å². The number of halogens is 1. The molecular formula is C18H14BrNO4. The van der Waals surface area contributed by atoms with Crippen LogP contribution in [0.15, 0.2) is 47.1 Å². The van der Waals surface area contributed by atoms with E-state index in [0.717, 1.165) is 20.9 Å². The van der Waals surface area contributed by atoms with Gasteiger partial charge in [0.15, 0.2) is 11.5 Å². The smallest absolute Gasteiger partial charge is 0.315 e. The third-order valence-corrected chi connectivity index (χ3v) is 4.76. The monoisotopic (exact) mass is 387 g/mol. The summed E-state index contributed by atoms with van der Waals surface area (Å²) in [6, 6.07) is 11.2. The van der Waals surface area contributed by atoms with Crippen LogP contribution in [0.2, 0.25) is 0 Å². The number of aromatic nitrogens is 1. The zero-order chi connectivity index (χ0) is 16.8. The molecule has 0 saturated heterocycles. The summed E-state index contributed by atoms with van der Waals surface area (Å²) in [5.74, 6) is -0.456. The van der Waals surface area contributed by atoms with Crippen LogP contribution < -0.4 is 9.47 Å². The van der Waals surface area contributed by atoms with Gasteiger partial charge in [0.1, 0.15) is 5.92 Å². The number of ether oxygens (including phenoxy) is 2. The van der Waals surface area contributed by atoms with Crippen LogP contribution in [0.25, 0.3) is 10.9 Å². The number of carboxylic acid groups (broad SMARTS) is 1. The Hall–Kier alpha value is -2.47. The van der Waals surface area contributed by atoms with E-state index >= 15 is 0 Å². The van der Waals surface area contributed by atoms with E-state index in [0.29, 0.717) is 17.1 Å². The number of aryl methyl sites for hydroxylation is 1. The van der Waals surface area contributed by atoms with Crippen molar-refractivity contribution in [2.45, 2.75) is 5.92 Å². The van der Waals surface area contributed by atoms with Crippen molar-refractivity contribution in [3.63, 3.8) is 0 Å². The zero-order valence-electron chi connectivity index (χ0n) is 12.8. The molecule has 0 saturated carbocycles. The number of hydrogen-bond acceptors (Lipinski definition) is 3. The molecule has 1 N–H and O–H groups in total. The van der Waals surface area contributed by atoms with Crippen molar-refractivity contribution in [2.24, 2.45) is 7.05 Å². The molecule has 6 heteroatoms. The molecule has 1 aromatic heterocycles. The maximum absolute atomic E-state index is 12.0. The molecule has 122 valence electrons. The SMILES string of the molecule is Cn1cc(C(C(=O)O)c2ccc3c(c2)OCO3)c2cc(Br)ccc21. The van der Waals surface area contributed by atoms with E-state index in [1.807, 2.05) is 36.0 Å². The highest BCUT2D eigenvalue weighted by atomic mass is 79.9. The minimum atomic E-state index is -0.902. The maximum atomic E-state index is 12.0. The van der Waals surface area contributed by atoms with Gasteiger partial charge in [0, 0.05) is 28.6 Å². The average molecular weight is 388 g/mol. The van der Waals surface area contributed by atoms with Crippen LogP contribution in [0.4, 0.5) is 0 Å². The lowest BCUT2D eigenvalue weighted by atomic mass is 9.91. The summed E-state index contributed by atoms with van der Waals surface area (Å²) in [6.07, 6.45) is 1.88. The fourth-order valence-corrected chi connectivity index (χ4v) is 3.53. The van der Waals surface area contributed by atoms with Gasteiger partial charge < -0.3 is 19.1 Å². The van der Waals surface area contributed by atoms with Gasteiger partial charge in [-0.2, -0.15) is 0 Å². The summed E-state index contributed by atoms with van der Waals surface area (Å²) in [4.78, 5) is 12.0. The first kappa shape index (κ1) is 15.1. The molecule has 0 spiro atoms. The fraction of sp³-hybridized carbons (Fsp3) is 0.167. The van der Waals surface area contributed by atoms with Crippen LogP contribution in [0, 0.1) is 0 Å². The molecule has 5 nitrogen and oxygen atoms in total. The van der Waals surface area contributed by atoms with Crippen LogP contribution in [-0.2, 0) is 11.8 Å². The minimum Gasteiger partial charge on any atom is -0.481 e. The highest BCUT2D eigenvalue weighted by Crippen LogP contribution is 2.39. The van der Waals surface area contributed by atoms with Gasteiger partial charge in [-0.3, -0.25) is 4.79 Å². The Labute approximate surface area is 146 Å². The lowest BCUT2D eigenvalue weighted by Gasteiger charge is -2.13. The summed E-state index contributed by atoms with van der Waals surface area (Å²) in [7, 11) is 1.91. The van der Waals surface area contributed by atoms with E-state index in [4.69, 9.17) is 9.47 Å². The Kier molecular flexibility index (Phi) is 3.49. The third kappa shape index (κ3) is 2.34. The predicted molar refractivity (Wildman–Crippen MR) is 92.7 cm³/mol. The second kappa shape index (κ2) is 5.56. The van der Waals surface area contributed by atoms with Gasteiger partial charge in [0.05, 0.1) is 0 Å². The molecule has 24 heavy (non-hydrogen) atoms. The average Bonchev–Trinajstić information content (AvgIpc) is 3.12. The highest BCUT2D eigenvalue weighted by molar-refractivity contribution is 9.10. The van der Waals surface area contributed by atoms with Gasteiger partial charge in [-0.15, -0.1) is 0 Å². The summed E-state index contributed by atoms with van der Waals surface area (Å²) >= 11 is 3.47. The van der Waals surface area contributed by atoms with Crippen molar-refractivity contribution in [3.8, 4) is 11.5 Å². The molecule has 1 unspecified atom stereocenters. The molecule has 0 amide bonds. The van der Waals surface area contributed by atoms with Crippen LogP contribution in [0.3, 0.4) is 0 Å². The highest BCUT2D eigenvalue weighted by Gasteiger charge is 2.28. The standard InChI is InChI=1S/C18H14BrNO4/c1-20-8-13(12-7-11(19)3-4-14(12)20)17(18(21)22)10-2-5-15-16(6-10)24-9-23-15/h2-8,17H,9H2,1H3,(H,21,22). The Morgan fingerprint density at radius 1 is 1.21 bits per heavy atom. The zero-order valence-corrected chi connectivity index (χ0v) is 14.4. The Bertz CT molecular complexity index is 963. The van der Waals surface area contributed by atoms with Gasteiger partial charge in [-0.25, -0.2) is 0 Å². The predicted octanol–water partition coefficient (Wildman–Crippen LogP) is 3.89. The number of carbonyl (C=O) groups is 1. The van der Waals surface area contributed by atoms with Crippen molar-refractivity contribution in [1.82, 2.24) is 4.57 Å². The number of hydrogen-bond donors (Lipinski definition) is 1. The van der Waals surface area contributed by atoms with Crippen LogP contribution >= 0.6 is 15.9 Å². The molecule has 1 aliphatic heterocycles. The van der Waals surface area contributed by atoms with E-state index in [1.54, 1.807) is 18.2 Å². The third-order valence-electron chi connectivity index (χ3n) is 4.27. The van der Waals surface area contributed by atoms with Crippen molar-refractivity contribution in [1.29, 1.82) is 0 Å². The van der Waals surface area contributed by atoms with Crippen molar-refractivity contribution in [3.05, 3.63) is 58.2 Å². The Balaban J connectivity index is 1.91. The molecule has 2 aromatic carbocycles. The van der Waals surface area contributed by atoms with E-state index < -0.39 is 11.9 Å². The fourth-order valence-electron chi connectivity index (χ4n) is 3.17. The lowest BCUT2D eigenvalue weighted by Crippen LogP contribution is -2.12. The molecule has 1 aliphatic rings. The summed E-state index contributed by atoms with van der Waals surface area (Å²) < 4.78 is 13.6. The molecule has 0 aliphatic carbocycles. The van der Waals surface area contributed by atoms with E-state index in [2.05, 4.69) is 15.9 Å². The van der Waals surface area contributed by atoms with Crippen LogP contribution in [-0.4, -0.2) is 22.4 Å². The first-order valence-electron chi connectivity index (χ1n) is 7.41.